The molecule has 3 heterocycles. The van der Waals surface area contributed by atoms with Crippen LogP contribution in [0.3, 0.4) is 0 Å². The average Bonchev–Trinajstić information content (AvgIpc) is 3.13. The summed E-state index contributed by atoms with van der Waals surface area (Å²) in [4.78, 5) is 27.3. The molecule has 0 unspecified atom stereocenters. The maximum absolute atomic E-state index is 13.4. The maximum Gasteiger partial charge on any atom is 0.266 e. The van der Waals surface area contributed by atoms with Crippen LogP contribution < -0.4 is 0 Å². The van der Waals surface area contributed by atoms with Crippen molar-refractivity contribution in [3.8, 4) is 0 Å². The highest BCUT2D eigenvalue weighted by atomic mass is 32.1. The van der Waals surface area contributed by atoms with E-state index in [1.807, 2.05) is 24.0 Å². The zero-order chi connectivity index (χ0) is 20.5. The summed E-state index contributed by atoms with van der Waals surface area (Å²) < 4.78 is 5.43. The van der Waals surface area contributed by atoms with E-state index in [0.29, 0.717) is 6.54 Å². The van der Waals surface area contributed by atoms with Gasteiger partial charge in [0.15, 0.2) is 0 Å². The molecule has 2 aromatic rings. The van der Waals surface area contributed by atoms with Gasteiger partial charge in [-0.15, -0.1) is 11.3 Å². The molecule has 6 nitrogen and oxygen atoms in total. The number of unbranched alkanes of at least 4 members (excludes halogenated alkanes) is 1. The molecule has 1 fully saturated rings. The number of hydrogen-bond donors (Lipinski definition) is 0. The molecular weight excluding hydrogens is 384 g/mol. The molecule has 0 atom stereocenters. The number of nitrogens with zero attached hydrogens (tertiary/aromatic N) is 4. The van der Waals surface area contributed by atoms with E-state index < -0.39 is 0 Å². The number of aryl methyl sites for hydroxylation is 2. The lowest BCUT2D eigenvalue weighted by molar-refractivity contribution is 0.0356. The Bertz CT molecular complexity index is 759. The van der Waals surface area contributed by atoms with E-state index in [1.165, 1.54) is 0 Å². The summed E-state index contributed by atoms with van der Waals surface area (Å²) in [6.07, 6.45) is 7.73. The maximum atomic E-state index is 13.4. The zero-order valence-corrected chi connectivity index (χ0v) is 18.4. The molecule has 1 saturated heterocycles. The second-order valence-electron chi connectivity index (χ2n) is 7.52. The topological polar surface area (TPSA) is 58.6 Å². The largest absolute Gasteiger partial charge is 0.379 e. The second kappa shape index (κ2) is 11.4. The molecule has 1 aliphatic heterocycles. The second-order valence-corrected chi connectivity index (χ2v) is 8.60. The average molecular weight is 417 g/mol. The van der Waals surface area contributed by atoms with Crippen LogP contribution in [0, 0.1) is 6.92 Å². The zero-order valence-electron chi connectivity index (χ0n) is 17.6. The monoisotopic (exact) mass is 416 g/mol. The highest BCUT2D eigenvalue weighted by Gasteiger charge is 2.22. The highest BCUT2D eigenvalue weighted by molar-refractivity contribution is 7.13. The van der Waals surface area contributed by atoms with Crippen molar-refractivity contribution in [2.24, 2.45) is 0 Å². The SMILES string of the molecule is CCCCc1nc(C)c(C(=O)N(CCCN2CCOCC2)Cc2ccncc2)s1. The van der Waals surface area contributed by atoms with Gasteiger partial charge in [-0.2, -0.15) is 0 Å². The van der Waals surface area contributed by atoms with Crippen molar-refractivity contribution < 1.29 is 9.53 Å². The summed E-state index contributed by atoms with van der Waals surface area (Å²) in [6, 6.07) is 3.96. The Kier molecular flexibility index (Phi) is 8.58. The number of ether oxygens (including phenoxy) is 1. The first kappa shape index (κ1) is 21.9. The van der Waals surface area contributed by atoms with Crippen molar-refractivity contribution in [1.29, 1.82) is 0 Å². The van der Waals surface area contributed by atoms with Crippen LogP contribution in [-0.2, 0) is 17.7 Å². The van der Waals surface area contributed by atoms with Crippen molar-refractivity contribution in [2.75, 3.05) is 39.4 Å². The first-order valence-corrected chi connectivity index (χ1v) is 11.4. The Morgan fingerprint density at radius 2 is 2.00 bits per heavy atom. The minimum absolute atomic E-state index is 0.0986. The first-order valence-electron chi connectivity index (χ1n) is 10.6. The van der Waals surface area contributed by atoms with Gasteiger partial charge in [-0.1, -0.05) is 13.3 Å². The fourth-order valence-corrected chi connectivity index (χ4v) is 4.57. The molecule has 0 bridgehead atoms. The lowest BCUT2D eigenvalue weighted by Gasteiger charge is -2.28. The lowest BCUT2D eigenvalue weighted by atomic mass is 10.2. The number of morpholine rings is 1. The van der Waals surface area contributed by atoms with Crippen LogP contribution in [0.2, 0.25) is 0 Å². The van der Waals surface area contributed by atoms with Crippen molar-refractivity contribution in [3.63, 3.8) is 0 Å². The molecule has 0 radical (unpaired) electrons. The van der Waals surface area contributed by atoms with Gasteiger partial charge in [-0.3, -0.25) is 14.7 Å². The minimum atomic E-state index is 0.0986. The predicted octanol–water partition coefficient (Wildman–Crippen LogP) is 3.55. The number of pyridine rings is 1. The van der Waals surface area contributed by atoms with Gasteiger partial charge in [0.05, 0.1) is 23.9 Å². The predicted molar refractivity (Wildman–Crippen MR) is 116 cm³/mol. The Morgan fingerprint density at radius 1 is 1.24 bits per heavy atom. The Balaban J connectivity index is 1.67. The van der Waals surface area contributed by atoms with Crippen LogP contribution in [0.4, 0.5) is 0 Å². The van der Waals surface area contributed by atoms with Gasteiger partial charge in [0, 0.05) is 45.1 Å². The van der Waals surface area contributed by atoms with Gasteiger partial charge < -0.3 is 9.64 Å². The summed E-state index contributed by atoms with van der Waals surface area (Å²) in [7, 11) is 0. The van der Waals surface area contributed by atoms with Crippen molar-refractivity contribution in [2.45, 2.75) is 46.1 Å². The summed E-state index contributed by atoms with van der Waals surface area (Å²) in [5, 5.41) is 1.07. The molecular formula is C22H32N4O2S. The summed E-state index contributed by atoms with van der Waals surface area (Å²) >= 11 is 1.57. The fraction of sp³-hybridized carbons (Fsp3) is 0.591. The van der Waals surface area contributed by atoms with Gasteiger partial charge >= 0.3 is 0 Å². The van der Waals surface area contributed by atoms with Gasteiger partial charge in [-0.05, 0) is 43.9 Å². The number of carbonyl (C=O) groups excluding carboxylic acids is 1. The molecule has 0 aliphatic carbocycles. The van der Waals surface area contributed by atoms with Crippen LogP contribution in [0.5, 0.6) is 0 Å². The minimum Gasteiger partial charge on any atom is -0.379 e. The van der Waals surface area contributed by atoms with Crippen LogP contribution >= 0.6 is 11.3 Å². The third-order valence-corrected chi connectivity index (χ3v) is 6.40. The Labute approximate surface area is 177 Å². The number of rotatable bonds is 10. The van der Waals surface area contributed by atoms with Gasteiger partial charge in [-0.25, -0.2) is 4.98 Å². The van der Waals surface area contributed by atoms with Crippen molar-refractivity contribution in [3.05, 3.63) is 45.7 Å². The normalized spacial score (nSPS) is 14.8. The van der Waals surface area contributed by atoms with E-state index in [4.69, 9.17) is 4.74 Å². The van der Waals surface area contributed by atoms with Crippen LogP contribution in [0.1, 0.15) is 52.1 Å². The van der Waals surface area contributed by atoms with E-state index in [1.54, 1.807) is 23.7 Å². The van der Waals surface area contributed by atoms with E-state index in [9.17, 15) is 4.79 Å². The van der Waals surface area contributed by atoms with Crippen LogP contribution in [0.25, 0.3) is 0 Å². The first-order chi connectivity index (χ1) is 14.2. The smallest absolute Gasteiger partial charge is 0.266 e. The molecule has 1 aliphatic rings. The quantitative estimate of drug-likeness (QED) is 0.593. The van der Waals surface area contributed by atoms with Crippen LogP contribution in [-0.4, -0.2) is 65.1 Å². The molecule has 1 amide bonds. The molecule has 0 saturated carbocycles. The molecule has 0 spiro atoms. The van der Waals surface area contributed by atoms with E-state index in [2.05, 4.69) is 21.8 Å². The molecule has 0 aromatic carbocycles. The molecule has 7 heteroatoms. The Morgan fingerprint density at radius 3 is 2.72 bits per heavy atom. The molecule has 158 valence electrons. The van der Waals surface area contributed by atoms with Gasteiger partial charge in [0.1, 0.15) is 4.88 Å². The van der Waals surface area contributed by atoms with Crippen molar-refractivity contribution >= 4 is 17.2 Å². The van der Waals surface area contributed by atoms with E-state index in [-0.39, 0.29) is 5.91 Å². The number of hydrogen-bond acceptors (Lipinski definition) is 6. The highest BCUT2D eigenvalue weighted by Crippen LogP contribution is 2.23. The number of aromatic nitrogens is 2. The van der Waals surface area contributed by atoms with E-state index >= 15 is 0 Å². The molecule has 29 heavy (non-hydrogen) atoms. The molecule has 3 rings (SSSR count). The van der Waals surface area contributed by atoms with Crippen molar-refractivity contribution in [1.82, 2.24) is 19.8 Å². The molecule has 2 aromatic heterocycles. The third-order valence-electron chi connectivity index (χ3n) is 5.20. The molecule has 0 N–H and O–H groups in total. The fourth-order valence-electron chi connectivity index (χ4n) is 3.50. The van der Waals surface area contributed by atoms with Gasteiger partial charge in [0.25, 0.3) is 5.91 Å². The number of amides is 1. The Hall–Kier alpha value is -1.83. The standard InChI is InChI=1S/C22H32N4O2S/c1-3-4-6-20-24-18(2)21(29-20)22(27)26(17-19-7-9-23-10-8-19)12-5-11-25-13-15-28-16-14-25/h7-10H,3-6,11-17H2,1-2H3. The number of thiazole rings is 1. The summed E-state index contributed by atoms with van der Waals surface area (Å²) in [6.45, 7) is 10.0. The third kappa shape index (κ3) is 6.59. The summed E-state index contributed by atoms with van der Waals surface area (Å²) in [5.74, 6) is 0.0986. The lowest BCUT2D eigenvalue weighted by Crippen LogP contribution is -2.39. The van der Waals surface area contributed by atoms with Gasteiger partial charge in [0.2, 0.25) is 0 Å². The summed E-state index contributed by atoms with van der Waals surface area (Å²) in [5.41, 5.74) is 1.96. The van der Waals surface area contributed by atoms with E-state index in [0.717, 1.165) is 86.2 Å². The van der Waals surface area contributed by atoms with Crippen LogP contribution in [0.15, 0.2) is 24.5 Å². The number of carbonyl (C=O) groups is 1.